The van der Waals surface area contributed by atoms with Gasteiger partial charge in [-0.2, -0.15) is 0 Å². The number of fused-ring (bicyclic) bond motifs is 3. The molecule has 0 radical (unpaired) electrons. The first kappa shape index (κ1) is 27.0. The van der Waals surface area contributed by atoms with Gasteiger partial charge < -0.3 is 9.84 Å². The third-order valence-electron chi connectivity index (χ3n) is 8.21. The Bertz CT molecular complexity index is 1640. The number of rotatable bonds is 6. The highest BCUT2D eigenvalue weighted by Crippen LogP contribution is 2.56. The lowest BCUT2D eigenvalue weighted by Gasteiger charge is -2.42. The van der Waals surface area contributed by atoms with Gasteiger partial charge in [0.25, 0.3) is 5.69 Å². The Morgan fingerprint density at radius 2 is 1.83 bits per heavy atom. The highest BCUT2D eigenvalue weighted by Gasteiger charge is 2.57. The number of imide groups is 1. The van der Waals surface area contributed by atoms with Crippen molar-refractivity contribution in [3.8, 4) is 5.75 Å². The molecule has 1 aliphatic heterocycles. The fraction of sp³-hybridized carbons (Fsp3) is 0.267. The van der Waals surface area contributed by atoms with Gasteiger partial charge in [-0.15, -0.1) is 0 Å². The lowest BCUT2D eigenvalue weighted by molar-refractivity contribution is -0.384. The number of Topliss-reactive ketones (excluding diaryl/α,β-unsaturated/α-hetero) is 1. The molecule has 1 N–H and O–H groups in total. The average Bonchev–Trinajstić information content (AvgIpc) is 3.23. The first-order valence-corrected chi connectivity index (χ1v) is 13.9. The Hall–Kier alpha value is -4.22. The van der Waals surface area contributed by atoms with E-state index in [0.717, 1.165) is 10.5 Å². The van der Waals surface area contributed by atoms with Crippen LogP contribution in [0.2, 0.25) is 0 Å². The van der Waals surface area contributed by atoms with Gasteiger partial charge in [-0.05, 0) is 46.8 Å². The molecule has 3 aliphatic carbocycles. The lowest BCUT2D eigenvalue weighted by Crippen LogP contribution is -2.39. The molecule has 4 unspecified atom stereocenters. The van der Waals surface area contributed by atoms with Crippen LogP contribution in [0, 0.1) is 27.9 Å². The predicted molar refractivity (Wildman–Crippen MR) is 149 cm³/mol. The number of nitrogens with zero attached hydrogens (tertiary/aromatic N) is 2. The van der Waals surface area contributed by atoms with Crippen LogP contribution in [0.15, 0.2) is 81.9 Å². The summed E-state index contributed by atoms with van der Waals surface area (Å²) in [5, 5.41) is 20.7. The van der Waals surface area contributed by atoms with Gasteiger partial charge in [0.05, 0.1) is 33.5 Å². The molecule has 10 nitrogen and oxygen atoms in total. The van der Waals surface area contributed by atoms with Gasteiger partial charge in [0.15, 0.2) is 11.6 Å². The predicted octanol–water partition coefficient (Wildman–Crippen LogP) is 3.93. The summed E-state index contributed by atoms with van der Waals surface area (Å²) < 4.78 is 5.93. The molecule has 6 rings (SSSR count). The van der Waals surface area contributed by atoms with E-state index in [1.54, 1.807) is 24.3 Å². The van der Waals surface area contributed by atoms with Crippen molar-refractivity contribution in [3.63, 3.8) is 0 Å². The Labute approximate surface area is 242 Å². The molecule has 1 saturated heterocycles. The first-order chi connectivity index (χ1) is 19.7. The van der Waals surface area contributed by atoms with E-state index in [1.165, 1.54) is 30.3 Å². The number of anilines is 1. The van der Waals surface area contributed by atoms with E-state index in [9.17, 15) is 34.4 Å². The van der Waals surface area contributed by atoms with Crippen molar-refractivity contribution < 1.29 is 33.9 Å². The SMILES string of the molecule is O=C1C=C(Br)C(=O)C2=C1C(c1ccccc1OCCO)C1=CCC3C(=O)N(c4cccc([N+](=O)[O-])c4)C(=O)C3C1C2. The van der Waals surface area contributed by atoms with Gasteiger partial charge in [-0.1, -0.05) is 35.9 Å². The summed E-state index contributed by atoms with van der Waals surface area (Å²) in [5.41, 5.74) is 1.83. The molecule has 11 heteroatoms. The van der Waals surface area contributed by atoms with Gasteiger partial charge in [0.2, 0.25) is 11.8 Å². The van der Waals surface area contributed by atoms with Gasteiger partial charge >= 0.3 is 0 Å². The molecule has 4 aliphatic rings. The Morgan fingerprint density at radius 3 is 2.59 bits per heavy atom. The van der Waals surface area contributed by atoms with E-state index < -0.39 is 40.4 Å². The molecule has 0 aromatic heterocycles. The molecule has 208 valence electrons. The van der Waals surface area contributed by atoms with Gasteiger partial charge in [-0.3, -0.25) is 29.3 Å². The van der Waals surface area contributed by atoms with E-state index in [4.69, 9.17) is 4.74 Å². The maximum absolute atomic E-state index is 14.0. The Kier molecular flexibility index (Phi) is 6.79. The second kappa shape index (κ2) is 10.3. The number of aliphatic hydroxyl groups is 1. The number of amides is 2. The number of allylic oxidation sites excluding steroid dienone is 6. The van der Waals surface area contributed by atoms with E-state index in [-0.39, 0.29) is 59.1 Å². The molecular formula is C30H23BrN2O8. The number of carbonyl (C=O) groups excluding carboxylic acids is 4. The number of nitro benzene ring substituents is 1. The minimum atomic E-state index is -0.823. The first-order valence-electron chi connectivity index (χ1n) is 13.1. The van der Waals surface area contributed by atoms with Crippen LogP contribution in [-0.4, -0.2) is 46.6 Å². The number of aliphatic hydroxyl groups excluding tert-OH is 1. The molecule has 2 aromatic carbocycles. The molecule has 0 spiro atoms. The fourth-order valence-electron chi connectivity index (χ4n) is 6.57. The second-order valence-electron chi connectivity index (χ2n) is 10.3. The zero-order valence-electron chi connectivity index (χ0n) is 21.5. The molecule has 41 heavy (non-hydrogen) atoms. The van der Waals surface area contributed by atoms with Crippen molar-refractivity contribution in [2.75, 3.05) is 18.1 Å². The molecule has 2 amide bonds. The number of hydrogen-bond donors (Lipinski definition) is 1. The monoisotopic (exact) mass is 618 g/mol. The lowest BCUT2D eigenvalue weighted by atomic mass is 9.59. The Morgan fingerprint density at radius 1 is 1.05 bits per heavy atom. The van der Waals surface area contributed by atoms with E-state index >= 15 is 0 Å². The van der Waals surface area contributed by atoms with Crippen LogP contribution < -0.4 is 9.64 Å². The van der Waals surface area contributed by atoms with Gasteiger partial charge in [0, 0.05) is 40.8 Å². The van der Waals surface area contributed by atoms with Crippen LogP contribution in [0.3, 0.4) is 0 Å². The molecule has 0 bridgehead atoms. The van der Waals surface area contributed by atoms with Gasteiger partial charge in [-0.25, -0.2) is 4.90 Å². The zero-order valence-corrected chi connectivity index (χ0v) is 23.1. The van der Waals surface area contributed by atoms with Crippen LogP contribution in [0.5, 0.6) is 5.75 Å². The van der Waals surface area contributed by atoms with Crippen LogP contribution in [0.1, 0.15) is 24.3 Å². The van der Waals surface area contributed by atoms with Gasteiger partial charge in [0.1, 0.15) is 12.4 Å². The summed E-state index contributed by atoms with van der Waals surface area (Å²) in [4.78, 5) is 66.2. The van der Waals surface area contributed by atoms with Crippen LogP contribution in [0.4, 0.5) is 11.4 Å². The number of ether oxygens (including phenoxy) is 1. The second-order valence-corrected chi connectivity index (χ2v) is 11.1. The molecule has 1 fully saturated rings. The number of benzene rings is 2. The summed E-state index contributed by atoms with van der Waals surface area (Å²) in [6.07, 6.45) is 3.46. The number of carbonyl (C=O) groups is 4. The molecular weight excluding hydrogens is 596 g/mol. The van der Waals surface area contributed by atoms with Crippen LogP contribution in [0.25, 0.3) is 0 Å². The molecule has 0 saturated carbocycles. The van der Waals surface area contributed by atoms with E-state index in [2.05, 4.69) is 15.9 Å². The van der Waals surface area contributed by atoms with Crippen molar-refractivity contribution in [1.82, 2.24) is 0 Å². The maximum Gasteiger partial charge on any atom is 0.271 e. The summed E-state index contributed by atoms with van der Waals surface area (Å²) in [6.45, 7) is -0.203. The Balaban J connectivity index is 1.48. The number of non-ortho nitro benzene ring substituents is 1. The number of para-hydroxylation sites is 1. The summed E-state index contributed by atoms with van der Waals surface area (Å²) in [6, 6.07) is 12.4. The molecule has 2 aromatic rings. The largest absolute Gasteiger partial charge is 0.491 e. The van der Waals surface area contributed by atoms with Crippen molar-refractivity contribution >= 4 is 50.7 Å². The van der Waals surface area contributed by atoms with Crippen molar-refractivity contribution in [2.45, 2.75) is 18.8 Å². The maximum atomic E-state index is 14.0. The van der Waals surface area contributed by atoms with Crippen molar-refractivity contribution in [2.24, 2.45) is 17.8 Å². The van der Waals surface area contributed by atoms with Crippen molar-refractivity contribution in [3.05, 3.63) is 97.6 Å². The third kappa shape index (κ3) is 4.27. The van der Waals surface area contributed by atoms with Crippen LogP contribution in [-0.2, 0) is 19.2 Å². The van der Waals surface area contributed by atoms with Crippen LogP contribution >= 0.6 is 15.9 Å². The summed E-state index contributed by atoms with van der Waals surface area (Å²) in [7, 11) is 0. The fourth-order valence-corrected chi connectivity index (χ4v) is 7.02. The number of hydrogen-bond acceptors (Lipinski definition) is 8. The minimum absolute atomic E-state index is 0.0201. The molecule has 1 heterocycles. The average molecular weight is 619 g/mol. The topological polar surface area (TPSA) is 144 Å². The number of ketones is 2. The highest BCUT2D eigenvalue weighted by molar-refractivity contribution is 9.12. The van der Waals surface area contributed by atoms with E-state index in [1.807, 2.05) is 6.08 Å². The van der Waals surface area contributed by atoms with Crippen molar-refractivity contribution in [1.29, 1.82) is 0 Å². The third-order valence-corrected chi connectivity index (χ3v) is 8.80. The van der Waals surface area contributed by atoms with E-state index in [0.29, 0.717) is 16.9 Å². The quantitative estimate of drug-likeness (QED) is 0.169. The highest BCUT2D eigenvalue weighted by atomic mass is 79.9. The smallest absolute Gasteiger partial charge is 0.271 e. The summed E-state index contributed by atoms with van der Waals surface area (Å²) in [5.74, 6) is -4.01. The standard InChI is InChI=1S/C30H23BrN2O8/c31-22-14-23(35)27-21(28(22)36)13-20-17(25(27)18-6-1-2-7-24(18)41-11-10-34)8-9-19-26(20)30(38)32(29(19)37)15-4-3-5-16(12-15)33(39)40/h1-8,12,14,19-20,25-26,34H,9-11,13H2. The normalized spacial score (nSPS) is 25.4. The summed E-state index contributed by atoms with van der Waals surface area (Å²) >= 11 is 3.21. The zero-order chi connectivity index (χ0) is 29.0. The number of halogens is 1. The number of nitro groups is 1. The minimum Gasteiger partial charge on any atom is -0.491 e. The molecule has 4 atom stereocenters.